The number of benzene rings is 1. The lowest BCUT2D eigenvalue weighted by molar-refractivity contribution is -0.136. The molecule has 1 N–H and O–H groups in total. The monoisotopic (exact) mass is 264 g/mol. The van der Waals surface area contributed by atoms with Crippen molar-refractivity contribution in [1.82, 2.24) is 0 Å². The summed E-state index contributed by atoms with van der Waals surface area (Å²) in [7, 11) is 1.81. The van der Waals surface area contributed by atoms with Crippen LogP contribution in [0.25, 0.3) is 0 Å². The van der Waals surface area contributed by atoms with E-state index in [0.29, 0.717) is 12.1 Å². The SMILES string of the molecule is CCSc1cccc(N(C)CCC(=O)O)c1C#N. The number of nitriles is 1. The van der Waals surface area contributed by atoms with E-state index in [1.165, 1.54) is 0 Å². The summed E-state index contributed by atoms with van der Waals surface area (Å²) < 4.78 is 0. The maximum Gasteiger partial charge on any atom is 0.305 e. The lowest BCUT2D eigenvalue weighted by atomic mass is 10.1. The Morgan fingerprint density at radius 2 is 2.28 bits per heavy atom. The molecule has 0 saturated carbocycles. The van der Waals surface area contributed by atoms with Crippen LogP contribution in [0.4, 0.5) is 5.69 Å². The number of carbonyl (C=O) groups is 1. The largest absolute Gasteiger partial charge is 0.481 e. The summed E-state index contributed by atoms with van der Waals surface area (Å²) in [5.41, 5.74) is 1.41. The lowest BCUT2D eigenvalue weighted by Crippen LogP contribution is -2.22. The van der Waals surface area contributed by atoms with Crippen molar-refractivity contribution in [2.75, 3.05) is 24.2 Å². The van der Waals surface area contributed by atoms with E-state index in [4.69, 9.17) is 5.11 Å². The van der Waals surface area contributed by atoms with Gasteiger partial charge in [-0.3, -0.25) is 4.79 Å². The second-order valence-electron chi connectivity index (χ2n) is 3.76. The predicted molar refractivity (Wildman–Crippen MR) is 73.1 cm³/mol. The molecule has 0 aliphatic heterocycles. The summed E-state index contributed by atoms with van der Waals surface area (Å²) in [5, 5.41) is 17.9. The van der Waals surface area contributed by atoms with Crippen LogP contribution in [-0.4, -0.2) is 30.4 Å². The van der Waals surface area contributed by atoms with Crippen LogP contribution in [0.1, 0.15) is 18.9 Å². The first-order valence-electron chi connectivity index (χ1n) is 5.69. The van der Waals surface area contributed by atoms with E-state index >= 15 is 0 Å². The molecule has 4 nitrogen and oxygen atoms in total. The highest BCUT2D eigenvalue weighted by molar-refractivity contribution is 7.99. The average Bonchev–Trinajstić information content (AvgIpc) is 2.36. The molecule has 18 heavy (non-hydrogen) atoms. The third kappa shape index (κ3) is 3.67. The van der Waals surface area contributed by atoms with Crippen molar-refractivity contribution in [1.29, 1.82) is 5.26 Å². The number of nitrogens with zero attached hydrogens (tertiary/aromatic N) is 2. The first kappa shape index (κ1) is 14.4. The summed E-state index contributed by atoms with van der Waals surface area (Å²) in [6.45, 7) is 2.43. The predicted octanol–water partition coefficient (Wildman–Crippen LogP) is 2.58. The van der Waals surface area contributed by atoms with E-state index in [1.54, 1.807) is 18.8 Å². The molecule has 96 valence electrons. The molecule has 1 aromatic carbocycles. The van der Waals surface area contributed by atoms with Crippen LogP contribution < -0.4 is 4.90 Å². The molecular weight excluding hydrogens is 248 g/mol. The van der Waals surface area contributed by atoms with Gasteiger partial charge in [-0.1, -0.05) is 13.0 Å². The molecule has 0 radical (unpaired) electrons. The van der Waals surface area contributed by atoms with Crippen molar-refractivity contribution in [2.24, 2.45) is 0 Å². The Hall–Kier alpha value is -1.67. The van der Waals surface area contributed by atoms with Gasteiger partial charge in [-0.2, -0.15) is 5.26 Å². The minimum atomic E-state index is -0.834. The number of aliphatic carboxylic acids is 1. The molecule has 1 aromatic rings. The highest BCUT2D eigenvalue weighted by Crippen LogP contribution is 2.29. The van der Waals surface area contributed by atoms with Gasteiger partial charge in [-0.25, -0.2) is 0 Å². The Labute approximate surface area is 111 Å². The molecule has 1 rings (SSSR count). The molecule has 0 aliphatic carbocycles. The van der Waals surface area contributed by atoms with Crippen LogP contribution in [0.3, 0.4) is 0 Å². The molecule has 0 atom stereocenters. The number of hydrogen-bond acceptors (Lipinski definition) is 4. The van der Waals surface area contributed by atoms with Gasteiger partial charge in [0.05, 0.1) is 17.7 Å². The van der Waals surface area contributed by atoms with Crippen molar-refractivity contribution in [3.05, 3.63) is 23.8 Å². The molecule has 0 aromatic heterocycles. The van der Waals surface area contributed by atoms with E-state index in [9.17, 15) is 10.1 Å². The van der Waals surface area contributed by atoms with Gasteiger partial charge in [0.25, 0.3) is 0 Å². The fraction of sp³-hybridized carbons (Fsp3) is 0.385. The molecule has 0 heterocycles. The first-order valence-corrected chi connectivity index (χ1v) is 6.67. The molecule has 0 unspecified atom stereocenters. The third-order valence-electron chi connectivity index (χ3n) is 2.49. The van der Waals surface area contributed by atoms with Gasteiger partial charge in [0.15, 0.2) is 0 Å². The number of anilines is 1. The number of hydrogen-bond donors (Lipinski definition) is 1. The van der Waals surface area contributed by atoms with E-state index in [2.05, 4.69) is 6.07 Å². The second kappa shape index (κ2) is 6.92. The van der Waals surface area contributed by atoms with E-state index < -0.39 is 5.97 Å². The summed E-state index contributed by atoms with van der Waals surface area (Å²) in [4.78, 5) is 13.3. The van der Waals surface area contributed by atoms with Crippen LogP contribution >= 0.6 is 11.8 Å². The van der Waals surface area contributed by atoms with Gasteiger partial charge in [-0.05, 0) is 17.9 Å². The summed E-state index contributed by atoms with van der Waals surface area (Å²) in [6.07, 6.45) is 0.0620. The van der Waals surface area contributed by atoms with Crippen LogP contribution in [0.2, 0.25) is 0 Å². The van der Waals surface area contributed by atoms with Crippen molar-refractivity contribution < 1.29 is 9.90 Å². The smallest absolute Gasteiger partial charge is 0.305 e. The highest BCUT2D eigenvalue weighted by atomic mass is 32.2. The summed E-state index contributed by atoms with van der Waals surface area (Å²) in [5.74, 6) is 0.0659. The van der Waals surface area contributed by atoms with Gasteiger partial charge in [0.2, 0.25) is 0 Å². The zero-order valence-electron chi connectivity index (χ0n) is 10.5. The van der Waals surface area contributed by atoms with Crippen LogP contribution in [0.5, 0.6) is 0 Å². The van der Waals surface area contributed by atoms with Gasteiger partial charge >= 0.3 is 5.97 Å². The van der Waals surface area contributed by atoms with Gasteiger partial charge in [0.1, 0.15) is 6.07 Å². The Kier molecular flexibility index (Phi) is 5.53. The van der Waals surface area contributed by atoms with E-state index in [1.807, 2.05) is 30.0 Å². The van der Waals surface area contributed by atoms with E-state index in [0.717, 1.165) is 16.3 Å². The van der Waals surface area contributed by atoms with E-state index in [-0.39, 0.29) is 6.42 Å². The normalized spacial score (nSPS) is 9.83. The Balaban J connectivity index is 2.97. The Morgan fingerprint density at radius 3 is 2.83 bits per heavy atom. The maximum absolute atomic E-state index is 10.6. The van der Waals surface area contributed by atoms with Gasteiger partial charge in [0, 0.05) is 18.5 Å². The fourth-order valence-electron chi connectivity index (χ4n) is 1.61. The number of rotatable bonds is 6. The molecule has 0 fully saturated rings. The molecule has 0 saturated heterocycles. The van der Waals surface area contributed by atoms with Crippen molar-refractivity contribution in [3.8, 4) is 6.07 Å². The standard InChI is InChI=1S/C13H16N2O2S/c1-3-18-12-6-4-5-11(10(12)9-14)15(2)8-7-13(16)17/h4-6H,3,7-8H2,1-2H3,(H,16,17). The van der Waals surface area contributed by atoms with Crippen LogP contribution in [0.15, 0.2) is 23.1 Å². The average molecular weight is 264 g/mol. The maximum atomic E-state index is 10.6. The van der Waals surface area contributed by atoms with Crippen molar-refractivity contribution in [3.63, 3.8) is 0 Å². The molecule has 0 spiro atoms. The third-order valence-corrected chi connectivity index (χ3v) is 3.43. The molecule has 0 aliphatic rings. The fourth-order valence-corrected chi connectivity index (χ4v) is 2.39. The molecular formula is C13H16N2O2S. The van der Waals surface area contributed by atoms with Gasteiger partial charge in [-0.15, -0.1) is 11.8 Å². The number of thioether (sulfide) groups is 1. The lowest BCUT2D eigenvalue weighted by Gasteiger charge is -2.20. The zero-order chi connectivity index (χ0) is 13.5. The minimum absolute atomic E-state index is 0.0620. The molecule has 0 bridgehead atoms. The molecule has 5 heteroatoms. The van der Waals surface area contributed by atoms with Crippen LogP contribution in [0, 0.1) is 11.3 Å². The summed E-state index contributed by atoms with van der Waals surface area (Å²) in [6, 6.07) is 7.87. The molecule has 0 amide bonds. The Bertz CT molecular complexity index is 469. The quantitative estimate of drug-likeness (QED) is 0.800. The Morgan fingerprint density at radius 1 is 1.56 bits per heavy atom. The number of carboxylic acids is 1. The van der Waals surface area contributed by atoms with Gasteiger partial charge < -0.3 is 10.0 Å². The van der Waals surface area contributed by atoms with Crippen LogP contribution in [-0.2, 0) is 4.79 Å². The first-order chi connectivity index (χ1) is 8.60. The second-order valence-corrected chi connectivity index (χ2v) is 5.07. The highest BCUT2D eigenvalue weighted by Gasteiger charge is 2.12. The topological polar surface area (TPSA) is 64.3 Å². The minimum Gasteiger partial charge on any atom is -0.481 e. The van der Waals surface area contributed by atoms with Crippen molar-refractivity contribution >= 4 is 23.4 Å². The number of carboxylic acid groups (broad SMARTS) is 1. The summed E-state index contributed by atoms with van der Waals surface area (Å²) >= 11 is 1.62. The zero-order valence-corrected chi connectivity index (χ0v) is 11.3. The van der Waals surface area contributed by atoms with Crippen molar-refractivity contribution in [2.45, 2.75) is 18.2 Å².